The van der Waals surface area contributed by atoms with E-state index < -0.39 is 0 Å². The molecule has 0 N–H and O–H groups in total. The molecule has 0 aromatic carbocycles. The fourth-order valence-corrected chi connectivity index (χ4v) is 2.63. The zero-order valence-corrected chi connectivity index (χ0v) is 11.7. The first-order valence-electron chi connectivity index (χ1n) is 7.01. The van der Waals surface area contributed by atoms with E-state index in [9.17, 15) is 0 Å². The lowest BCUT2D eigenvalue weighted by Gasteiger charge is -2.31. The van der Waals surface area contributed by atoms with Gasteiger partial charge in [-0.25, -0.2) is 0 Å². The fraction of sp³-hybridized carbons (Fsp3) is 0.667. The Labute approximate surface area is 111 Å². The SMILES string of the molecule is CN1CCC(CN(C)CCc2ccccn2)CC1. The lowest BCUT2D eigenvalue weighted by Crippen LogP contribution is -2.36. The van der Waals surface area contributed by atoms with Crippen LogP contribution in [0.3, 0.4) is 0 Å². The van der Waals surface area contributed by atoms with E-state index in [2.05, 4.69) is 41.0 Å². The summed E-state index contributed by atoms with van der Waals surface area (Å²) in [7, 11) is 4.46. The topological polar surface area (TPSA) is 19.4 Å². The van der Waals surface area contributed by atoms with Crippen molar-refractivity contribution in [3.8, 4) is 0 Å². The second kappa shape index (κ2) is 6.86. The van der Waals surface area contributed by atoms with Crippen molar-refractivity contribution in [3.63, 3.8) is 0 Å². The Balaban J connectivity index is 1.67. The molecule has 3 nitrogen and oxygen atoms in total. The van der Waals surface area contributed by atoms with E-state index >= 15 is 0 Å². The summed E-state index contributed by atoms with van der Waals surface area (Å²) in [6.07, 6.45) is 5.64. The number of hydrogen-bond donors (Lipinski definition) is 0. The maximum Gasteiger partial charge on any atom is 0.0416 e. The average Bonchev–Trinajstić information content (AvgIpc) is 2.40. The van der Waals surface area contributed by atoms with Crippen LogP contribution in [0.5, 0.6) is 0 Å². The van der Waals surface area contributed by atoms with Crippen LogP contribution in [0.1, 0.15) is 18.5 Å². The lowest BCUT2D eigenvalue weighted by molar-refractivity contribution is 0.177. The van der Waals surface area contributed by atoms with E-state index in [1.165, 1.54) is 38.2 Å². The van der Waals surface area contributed by atoms with Crippen molar-refractivity contribution in [2.75, 3.05) is 40.3 Å². The zero-order valence-electron chi connectivity index (χ0n) is 11.7. The van der Waals surface area contributed by atoms with Gasteiger partial charge in [0, 0.05) is 31.4 Å². The molecule has 1 aliphatic rings. The molecule has 2 heterocycles. The number of rotatable bonds is 5. The van der Waals surface area contributed by atoms with Gasteiger partial charge in [-0.15, -0.1) is 0 Å². The van der Waals surface area contributed by atoms with Crippen LogP contribution in [-0.4, -0.2) is 55.1 Å². The summed E-state index contributed by atoms with van der Waals surface area (Å²) in [5.74, 6) is 0.884. The summed E-state index contributed by atoms with van der Waals surface area (Å²) in [6, 6.07) is 6.16. The summed E-state index contributed by atoms with van der Waals surface area (Å²) in [5, 5.41) is 0. The lowest BCUT2D eigenvalue weighted by atomic mass is 9.96. The monoisotopic (exact) mass is 247 g/mol. The van der Waals surface area contributed by atoms with Crippen molar-refractivity contribution in [2.24, 2.45) is 5.92 Å². The maximum atomic E-state index is 4.37. The number of hydrogen-bond acceptors (Lipinski definition) is 3. The van der Waals surface area contributed by atoms with E-state index in [4.69, 9.17) is 0 Å². The van der Waals surface area contributed by atoms with E-state index in [1.54, 1.807) is 0 Å². The highest BCUT2D eigenvalue weighted by atomic mass is 15.1. The molecule has 0 radical (unpaired) electrons. The van der Waals surface area contributed by atoms with Crippen LogP contribution in [0.25, 0.3) is 0 Å². The van der Waals surface area contributed by atoms with E-state index in [-0.39, 0.29) is 0 Å². The molecule has 0 spiro atoms. The highest BCUT2D eigenvalue weighted by Crippen LogP contribution is 2.16. The number of aromatic nitrogens is 1. The van der Waals surface area contributed by atoms with Crippen LogP contribution in [0.4, 0.5) is 0 Å². The Morgan fingerprint density at radius 3 is 2.78 bits per heavy atom. The summed E-state index contributed by atoms with van der Waals surface area (Å²) in [4.78, 5) is 9.27. The van der Waals surface area contributed by atoms with Gasteiger partial charge in [-0.3, -0.25) is 4.98 Å². The Morgan fingerprint density at radius 1 is 1.33 bits per heavy atom. The molecule has 1 saturated heterocycles. The Morgan fingerprint density at radius 2 is 2.11 bits per heavy atom. The predicted octanol–water partition coefficient (Wildman–Crippen LogP) is 1.90. The van der Waals surface area contributed by atoms with Crippen LogP contribution >= 0.6 is 0 Å². The number of piperidine rings is 1. The van der Waals surface area contributed by atoms with Gasteiger partial charge in [-0.05, 0) is 58.1 Å². The number of likely N-dealkylation sites (tertiary alicyclic amines) is 1. The molecule has 1 fully saturated rings. The molecule has 0 amide bonds. The summed E-state index contributed by atoms with van der Waals surface area (Å²) >= 11 is 0. The summed E-state index contributed by atoms with van der Waals surface area (Å²) < 4.78 is 0. The van der Waals surface area contributed by atoms with Gasteiger partial charge in [0.2, 0.25) is 0 Å². The number of likely N-dealkylation sites (N-methyl/N-ethyl adjacent to an activating group) is 1. The van der Waals surface area contributed by atoms with E-state index in [0.717, 1.165) is 18.9 Å². The molecule has 0 aliphatic carbocycles. The molecule has 0 bridgehead atoms. The summed E-state index contributed by atoms with van der Waals surface area (Å²) in [5.41, 5.74) is 1.20. The van der Waals surface area contributed by atoms with Crippen LogP contribution in [0, 0.1) is 5.92 Å². The molecular weight excluding hydrogens is 222 g/mol. The molecule has 18 heavy (non-hydrogen) atoms. The second-order valence-corrected chi connectivity index (χ2v) is 5.58. The molecule has 0 unspecified atom stereocenters. The highest BCUT2D eigenvalue weighted by molar-refractivity contribution is 5.03. The van der Waals surface area contributed by atoms with Crippen molar-refractivity contribution in [3.05, 3.63) is 30.1 Å². The minimum atomic E-state index is 0.884. The predicted molar refractivity (Wildman–Crippen MR) is 75.7 cm³/mol. The van der Waals surface area contributed by atoms with Crippen molar-refractivity contribution in [1.82, 2.24) is 14.8 Å². The van der Waals surface area contributed by atoms with Crippen LogP contribution in [0.2, 0.25) is 0 Å². The molecule has 1 aromatic heterocycles. The number of pyridine rings is 1. The Bertz CT molecular complexity index is 331. The van der Waals surface area contributed by atoms with Gasteiger partial charge in [-0.1, -0.05) is 6.07 Å². The van der Waals surface area contributed by atoms with Gasteiger partial charge >= 0.3 is 0 Å². The first kappa shape index (κ1) is 13.5. The van der Waals surface area contributed by atoms with Crippen molar-refractivity contribution >= 4 is 0 Å². The standard InChI is InChI=1S/C15H25N3/c1-17-10-6-14(7-11-17)13-18(2)12-8-15-5-3-4-9-16-15/h3-5,9,14H,6-8,10-13H2,1-2H3. The molecule has 2 rings (SSSR count). The largest absolute Gasteiger partial charge is 0.306 e. The van der Waals surface area contributed by atoms with Gasteiger partial charge < -0.3 is 9.80 Å². The molecule has 1 aromatic rings. The normalized spacial score (nSPS) is 18.4. The fourth-order valence-electron chi connectivity index (χ4n) is 2.63. The van der Waals surface area contributed by atoms with Crippen molar-refractivity contribution < 1.29 is 0 Å². The maximum absolute atomic E-state index is 4.37. The third-order valence-corrected chi connectivity index (χ3v) is 3.88. The molecule has 0 atom stereocenters. The van der Waals surface area contributed by atoms with Crippen molar-refractivity contribution in [1.29, 1.82) is 0 Å². The van der Waals surface area contributed by atoms with Crippen LogP contribution in [0.15, 0.2) is 24.4 Å². The first-order valence-corrected chi connectivity index (χ1v) is 7.01. The van der Waals surface area contributed by atoms with Gasteiger partial charge in [-0.2, -0.15) is 0 Å². The Hall–Kier alpha value is -0.930. The molecule has 100 valence electrons. The Kier molecular flexibility index (Phi) is 5.14. The van der Waals surface area contributed by atoms with Gasteiger partial charge in [0.1, 0.15) is 0 Å². The smallest absolute Gasteiger partial charge is 0.0416 e. The molecule has 3 heteroatoms. The molecule has 0 saturated carbocycles. The van der Waals surface area contributed by atoms with Crippen LogP contribution < -0.4 is 0 Å². The minimum absolute atomic E-state index is 0.884. The number of nitrogens with zero attached hydrogens (tertiary/aromatic N) is 3. The van der Waals surface area contributed by atoms with Crippen molar-refractivity contribution in [2.45, 2.75) is 19.3 Å². The summed E-state index contributed by atoms with van der Waals surface area (Å²) in [6.45, 7) is 4.88. The molecular formula is C15H25N3. The van der Waals surface area contributed by atoms with Crippen LogP contribution in [-0.2, 0) is 6.42 Å². The van der Waals surface area contributed by atoms with E-state index in [0.29, 0.717) is 0 Å². The molecule has 1 aliphatic heterocycles. The third-order valence-electron chi connectivity index (χ3n) is 3.88. The van der Waals surface area contributed by atoms with Gasteiger partial charge in [0.05, 0.1) is 0 Å². The average molecular weight is 247 g/mol. The zero-order chi connectivity index (χ0) is 12.8. The van der Waals surface area contributed by atoms with Gasteiger partial charge in [0.25, 0.3) is 0 Å². The van der Waals surface area contributed by atoms with Gasteiger partial charge in [0.15, 0.2) is 0 Å². The third kappa shape index (κ3) is 4.39. The second-order valence-electron chi connectivity index (χ2n) is 5.58. The first-order chi connectivity index (χ1) is 8.74. The minimum Gasteiger partial charge on any atom is -0.306 e. The quantitative estimate of drug-likeness (QED) is 0.792. The van der Waals surface area contributed by atoms with E-state index in [1.807, 2.05) is 12.3 Å². The highest BCUT2D eigenvalue weighted by Gasteiger charge is 2.17.